The van der Waals surface area contributed by atoms with E-state index >= 15 is 0 Å². The molecule has 1 aromatic carbocycles. The van der Waals surface area contributed by atoms with Gasteiger partial charge in [0.1, 0.15) is 5.69 Å². The minimum atomic E-state index is -0.239. The summed E-state index contributed by atoms with van der Waals surface area (Å²) in [6, 6.07) is 9.21. The van der Waals surface area contributed by atoms with Crippen molar-refractivity contribution >= 4 is 22.9 Å². The van der Waals surface area contributed by atoms with E-state index in [0.29, 0.717) is 40.4 Å². The molecule has 7 heteroatoms. The molecule has 154 valence electrons. The Labute approximate surface area is 174 Å². The lowest BCUT2D eigenvalue weighted by atomic mass is 10.0. The quantitative estimate of drug-likeness (QED) is 0.716. The van der Waals surface area contributed by atoms with E-state index in [-0.39, 0.29) is 17.9 Å². The number of hydrogen-bond acceptors (Lipinski definition) is 5. The second kappa shape index (κ2) is 7.23. The predicted molar refractivity (Wildman–Crippen MR) is 111 cm³/mol. The molecule has 7 nitrogen and oxygen atoms in total. The maximum Gasteiger partial charge on any atom is 0.259 e. The van der Waals surface area contributed by atoms with Crippen molar-refractivity contribution in [1.82, 2.24) is 20.4 Å². The Morgan fingerprint density at radius 3 is 2.63 bits per heavy atom. The number of carbonyl (C=O) groups excluding carboxylic acids is 2. The first kappa shape index (κ1) is 18.8. The molecule has 2 amide bonds. The highest BCUT2D eigenvalue weighted by Gasteiger charge is 2.36. The number of aromatic nitrogens is 2. The van der Waals surface area contributed by atoms with Crippen LogP contribution < -0.4 is 5.32 Å². The van der Waals surface area contributed by atoms with Crippen molar-refractivity contribution in [3.8, 4) is 0 Å². The fraction of sp³-hybridized carbons (Fsp3) is 0.391. The molecule has 1 atom stereocenters. The molecule has 2 aromatic heterocycles. The summed E-state index contributed by atoms with van der Waals surface area (Å²) in [6.07, 6.45) is 3.80. The number of nitrogens with one attached hydrogen (secondary N) is 1. The van der Waals surface area contributed by atoms with Gasteiger partial charge in [-0.2, -0.15) is 0 Å². The Morgan fingerprint density at radius 1 is 1.17 bits per heavy atom. The number of nitrogens with zero attached hydrogens (tertiary/aromatic N) is 3. The first-order chi connectivity index (χ1) is 14.6. The largest absolute Gasteiger partial charge is 0.355 e. The summed E-state index contributed by atoms with van der Waals surface area (Å²) in [7, 11) is 1.61. The maximum atomic E-state index is 13.2. The number of aryl methyl sites for hydroxylation is 1. The zero-order chi connectivity index (χ0) is 20.8. The van der Waals surface area contributed by atoms with E-state index in [1.54, 1.807) is 7.05 Å². The molecule has 1 unspecified atom stereocenters. The fourth-order valence-corrected chi connectivity index (χ4v) is 4.28. The predicted octanol–water partition coefficient (Wildman–Crippen LogP) is 3.75. The van der Waals surface area contributed by atoms with Gasteiger partial charge in [-0.05, 0) is 50.8 Å². The number of hydrogen-bond donors (Lipinski definition) is 1. The Morgan fingerprint density at radius 2 is 1.93 bits per heavy atom. The summed E-state index contributed by atoms with van der Waals surface area (Å²) < 4.78 is 5.59. The SMILES string of the molecule is CNC(=O)c1cc(C2CC2)nc2onc(C3CCCN3C(=O)c3ccc(C)cc3)c12. The molecule has 2 fully saturated rings. The zero-order valence-electron chi connectivity index (χ0n) is 17.1. The van der Waals surface area contributed by atoms with Gasteiger partial charge in [0.2, 0.25) is 0 Å². The molecule has 1 saturated carbocycles. The molecule has 3 aromatic rings. The molecule has 1 aliphatic carbocycles. The Hall–Kier alpha value is -3.22. The minimum absolute atomic E-state index is 0.0299. The smallest absolute Gasteiger partial charge is 0.259 e. The van der Waals surface area contributed by atoms with E-state index in [4.69, 9.17) is 4.52 Å². The van der Waals surface area contributed by atoms with Crippen LogP contribution in [0.15, 0.2) is 34.9 Å². The molecule has 1 saturated heterocycles. The van der Waals surface area contributed by atoms with Gasteiger partial charge in [0.15, 0.2) is 0 Å². The molecule has 1 aliphatic heterocycles. The number of likely N-dealkylation sites (tertiary alicyclic amines) is 1. The van der Waals surface area contributed by atoms with E-state index in [9.17, 15) is 9.59 Å². The molecule has 2 aliphatic rings. The van der Waals surface area contributed by atoms with Crippen LogP contribution in [0.4, 0.5) is 0 Å². The van der Waals surface area contributed by atoms with E-state index in [0.717, 1.165) is 36.9 Å². The third kappa shape index (κ3) is 3.14. The third-order valence-electron chi connectivity index (χ3n) is 6.09. The van der Waals surface area contributed by atoms with Crippen LogP contribution in [0.5, 0.6) is 0 Å². The van der Waals surface area contributed by atoms with Gasteiger partial charge < -0.3 is 14.7 Å². The lowest BCUT2D eigenvalue weighted by Gasteiger charge is -2.23. The second-order valence-corrected chi connectivity index (χ2v) is 8.22. The van der Waals surface area contributed by atoms with Crippen LogP contribution in [0.2, 0.25) is 0 Å². The zero-order valence-corrected chi connectivity index (χ0v) is 17.1. The second-order valence-electron chi connectivity index (χ2n) is 8.22. The number of amides is 2. The number of pyridine rings is 1. The normalized spacial score (nSPS) is 18.7. The van der Waals surface area contributed by atoms with Crippen molar-refractivity contribution in [2.24, 2.45) is 0 Å². The van der Waals surface area contributed by atoms with Crippen LogP contribution in [0.25, 0.3) is 11.1 Å². The van der Waals surface area contributed by atoms with Crippen LogP contribution >= 0.6 is 0 Å². The molecule has 5 rings (SSSR count). The average molecular weight is 404 g/mol. The Balaban J connectivity index is 1.57. The topological polar surface area (TPSA) is 88.3 Å². The van der Waals surface area contributed by atoms with Crippen molar-refractivity contribution in [2.75, 3.05) is 13.6 Å². The van der Waals surface area contributed by atoms with Crippen LogP contribution in [0.1, 0.15) is 75.3 Å². The number of carbonyl (C=O) groups is 2. The number of rotatable bonds is 4. The summed E-state index contributed by atoms with van der Waals surface area (Å²) in [5.74, 6) is 0.165. The van der Waals surface area contributed by atoms with Crippen molar-refractivity contribution < 1.29 is 14.1 Å². The lowest BCUT2D eigenvalue weighted by molar-refractivity contribution is 0.0731. The number of fused-ring (bicyclic) bond motifs is 1. The highest BCUT2D eigenvalue weighted by atomic mass is 16.5. The standard InChI is InChI=1S/C23H24N4O3/c1-13-5-7-15(8-6-13)23(29)27-11-3-4-18(27)20-19-16(21(28)24-2)12-17(14-9-10-14)25-22(19)30-26-20/h5-8,12,14,18H,3-4,9-11H2,1-2H3,(H,24,28). The number of benzene rings is 1. The lowest BCUT2D eigenvalue weighted by Crippen LogP contribution is -2.31. The molecule has 0 radical (unpaired) electrons. The third-order valence-corrected chi connectivity index (χ3v) is 6.09. The van der Waals surface area contributed by atoms with Crippen molar-refractivity contribution in [2.45, 2.75) is 44.6 Å². The first-order valence-corrected chi connectivity index (χ1v) is 10.5. The highest BCUT2D eigenvalue weighted by Crippen LogP contribution is 2.42. The van der Waals surface area contributed by atoms with Gasteiger partial charge in [0, 0.05) is 30.8 Å². The molecular weight excluding hydrogens is 380 g/mol. The van der Waals surface area contributed by atoms with Gasteiger partial charge >= 0.3 is 0 Å². The van der Waals surface area contributed by atoms with Crippen LogP contribution in [-0.2, 0) is 0 Å². The summed E-state index contributed by atoms with van der Waals surface area (Å²) in [5.41, 5.74) is 4.16. The van der Waals surface area contributed by atoms with E-state index in [1.807, 2.05) is 42.2 Å². The van der Waals surface area contributed by atoms with Crippen LogP contribution in [0, 0.1) is 6.92 Å². The molecule has 0 bridgehead atoms. The van der Waals surface area contributed by atoms with Crippen LogP contribution in [0.3, 0.4) is 0 Å². The summed E-state index contributed by atoms with van der Waals surface area (Å²) in [6.45, 7) is 2.65. The Bertz CT molecular complexity index is 1130. The molecule has 0 spiro atoms. The maximum absolute atomic E-state index is 13.2. The van der Waals surface area contributed by atoms with Gasteiger partial charge in [-0.1, -0.05) is 22.9 Å². The van der Waals surface area contributed by atoms with Crippen LogP contribution in [-0.4, -0.2) is 40.4 Å². The first-order valence-electron chi connectivity index (χ1n) is 10.5. The fourth-order valence-electron chi connectivity index (χ4n) is 4.28. The van der Waals surface area contributed by atoms with Crippen molar-refractivity contribution in [1.29, 1.82) is 0 Å². The molecule has 1 N–H and O–H groups in total. The molecular formula is C23H24N4O3. The molecule has 3 heterocycles. The Kier molecular flexibility index (Phi) is 4.53. The summed E-state index contributed by atoms with van der Waals surface area (Å²) >= 11 is 0. The molecule has 30 heavy (non-hydrogen) atoms. The van der Waals surface area contributed by atoms with Gasteiger partial charge in [0.25, 0.3) is 17.5 Å². The minimum Gasteiger partial charge on any atom is -0.355 e. The van der Waals surface area contributed by atoms with Gasteiger partial charge in [-0.25, -0.2) is 4.98 Å². The summed E-state index contributed by atoms with van der Waals surface area (Å²) in [5, 5.41) is 7.64. The van der Waals surface area contributed by atoms with Crippen molar-refractivity contribution in [3.05, 3.63) is 58.4 Å². The van der Waals surface area contributed by atoms with E-state index in [1.165, 1.54) is 0 Å². The summed E-state index contributed by atoms with van der Waals surface area (Å²) in [4.78, 5) is 32.3. The monoisotopic (exact) mass is 404 g/mol. The van der Waals surface area contributed by atoms with Gasteiger partial charge in [-0.3, -0.25) is 9.59 Å². The van der Waals surface area contributed by atoms with E-state index < -0.39 is 0 Å². The average Bonchev–Trinajstić information content (AvgIpc) is 3.35. The van der Waals surface area contributed by atoms with Gasteiger partial charge in [0.05, 0.1) is 17.0 Å². The van der Waals surface area contributed by atoms with Gasteiger partial charge in [-0.15, -0.1) is 0 Å². The van der Waals surface area contributed by atoms with E-state index in [2.05, 4.69) is 15.5 Å². The van der Waals surface area contributed by atoms with Crippen molar-refractivity contribution in [3.63, 3.8) is 0 Å². The highest BCUT2D eigenvalue weighted by molar-refractivity contribution is 6.06.